The summed E-state index contributed by atoms with van der Waals surface area (Å²) in [5, 5.41) is 3.30. The van der Waals surface area contributed by atoms with E-state index in [-0.39, 0.29) is 29.8 Å². The molecule has 0 saturated carbocycles. The second kappa shape index (κ2) is 8.23. The van der Waals surface area contributed by atoms with Crippen molar-refractivity contribution in [2.45, 2.75) is 37.6 Å². The van der Waals surface area contributed by atoms with E-state index in [2.05, 4.69) is 29.6 Å². The Morgan fingerprint density at radius 1 is 0.933 bits per heavy atom. The van der Waals surface area contributed by atoms with Gasteiger partial charge in [0, 0.05) is 18.4 Å². The first-order valence-electron chi connectivity index (χ1n) is 11.1. The van der Waals surface area contributed by atoms with E-state index in [9.17, 15) is 9.59 Å². The second-order valence-corrected chi connectivity index (χ2v) is 8.58. The van der Waals surface area contributed by atoms with Crippen LogP contribution < -0.4 is 5.32 Å². The summed E-state index contributed by atoms with van der Waals surface area (Å²) in [6.07, 6.45) is 3.02. The van der Waals surface area contributed by atoms with E-state index >= 15 is 0 Å². The van der Waals surface area contributed by atoms with Gasteiger partial charge in [-0.1, -0.05) is 48.5 Å². The molecule has 1 N–H and O–H groups in total. The summed E-state index contributed by atoms with van der Waals surface area (Å²) in [7, 11) is 0. The number of piperidine rings is 1. The van der Waals surface area contributed by atoms with Gasteiger partial charge in [0.2, 0.25) is 0 Å². The van der Waals surface area contributed by atoms with Crippen LogP contribution in [0.15, 0.2) is 48.5 Å². The Labute approximate surface area is 177 Å². The van der Waals surface area contributed by atoms with Crippen molar-refractivity contribution in [1.82, 2.24) is 10.2 Å². The van der Waals surface area contributed by atoms with Gasteiger partial charge in [-0.15, -0.1) is 0 Å². The van der Waals surface area contributed by atoms with E-state index in [1.54, 1.807) is 4.90 Å². The molecule has 156 valence electrons. The van der Waals surface area contributed by atoms with Gasteiger partial charge in [0.1, 0.15) is 6.61 Å². The first kappa shape index (κ1) is 19.3. The van der Waals surface area contributed by atoms with E-state index in [1.165, 1.54) is 22.3 Å². The van der Waals surface area contributed by atoms with Crippen LogP contribution in [0.25, 0.3) is 11.1 Å². The highest BCUT2D eigenvalue weighted by atomic mass is 16.6. The van der Waals surface area contributed by atoms with Crippen molar-refractivity contribution in [3.63, 3.8) is 0 Å². The maximum absolute atomic E-state index is 13.0. The SMILES string of the molecule is O=C(C1CCNCC1)[C@@H]1CCCN1C(=O)OCC1c2ccccc2-c2ccccc21. The zero-order valence-electron chi connectivity index (χ0n) is 17.2. The summed E-state index contributed by atoms with van der Waals surface area (Å²) < 4.78 is 5.81. The van der Waals surface area contributed by atoms with Gasteiger partial charge in [-0.05, 0) is 61.0 Å². The summed E-state index contributed by atoms with van der Waals surface area (Å²) in [5.41, 5.74) is 4.84. The number of ketones is 1. The highest BCUT2D eigenvalue weighted by Gasteiger charge is 2.39. The normalized spacial score (nSPS) is 21.3. The van der Waals surface area contributed by atoms with Gasteiger partial charge < -0.3 is 10.1 Å². The van der Waals surface area contributed by atoms with Gasteiger partial charge in [-0.25, -0.2) is 4.79 Å². The third-order valence-corrected chi connectivity index (χ3v) is 6.89. The molecule has 2 aromatic rings. The van der Waals surface area contributed by atoms with E-state index in [0.717, 1.165) is 38.8 Å². The van der Waals surface area contributed by atoms with E-state index < -0.39 is 0 Å². The molecule has 30 heavy (non-hydrogen) atoms. The van der Waals surface area contributed by atoms with Crippen molar-refractivity contribution < 1.29 is 14.3 Å². The molecule has 5 heteroatoms. The maximum atomic E-state index is 13.0. The number of amides is 1. The van der Waals surface area contributed by atoms with Crippen LogP contribution in [0.5, 0.6) is 0 Å². The Bertz CT molecular complexity index is 905. The topological polar surface area (TPSA) is 58.6 Å². The lowest BCUT2D eigenvalue weighted by Gasteiger charge is -2.29. The average molecular weight is 405 g/mol. The van der Waals surface area contributed by atoms with Gasteiger partial charge in [0.25, 0.3) is 0 Å². The zero-order chi connectivity index (χ0) is 20.5. The lowest BCUT2D eigenvalue weighted by atomic mass is 9.89. The van der Waals surface area contributed by atoms with Crippen LogP contribution in [0.1, 0.15) is 42.7 Å². The molecular formula is C25H28N2O3. The number of nitrogens with zero attached hydrogens (tertiary/aromatic N) is 1. The number of rotatable bonds is 4. The number of benzene rings is 2. The smallest absolute Gasteiger partial charge is 0.410 e. The Kier molecular flexibility index (Phi) is 5.30. The van der Waals surface area contributed by atoms with Crippen molar-refractivity contribution in [2.75, 3.05) is 26.2 Å². The minimum atomic E-state index is -0.346. The number of Topliss-reactive ketones (excluding diaryl/α,β-unsaturated/α-hetero) is 1. The lowest BCUT2D eigenvalue weighted by Crippen LogP contribution is -2.45. The zero-order valence-corrected chi connectivity index (χ0v) is 17.2. The van der Waals surface area contributed by atoms with Gasteiger partial charge in [-0.2, -0.15) is 0 Å². The number of carbonyl (C=O) groups is 2. The largest absolute Gasteiger partial charge is 0.448 e. The first-order chi connectivity index (χ1) is 14.7. The fourth-order valence-corrected chi connectivity index (χ4v) is 5.34. The summed E-state index contributed by atoms with van der Waals surface area (Å²) in [4.78, 5) is 27.7. The highest BCUT2D eigenvalue weighted by Crippen LogP contribution is 2.44. The van der Waals surface area contributed by atoms with Crippen LogP contribution >= 0.6 is 0 Å². The Balaban J connectivity index is 1.28. The average Bonchev–Trinajstić information content (AvgIpc) is 3.41. The van der Waals surface area contributed by atoms with Crippen LogP contribution in [0.4, 0.5) is 4.79 Å². The second-order valence-electron chi connectivity index (χ2n) is 8.58. The summed E-state index contributed by atoms with van der Waals surface area (Å²) in [5.74, 6) is 0.336. The number of carbonyl (C=O) groups excluding carboxylic acids is 2. The Hall–Kier alpha value is -2.66. The number of hydrogen-bond donors (Lipinski definition) is 1. The molecule has 0 bridgehead atoms. The summed E-state index contributed by atoms with van der Waals surface area (Å²) in [6.45, 7) is 2.68. The number of nitrogens with one attached hydrogen (secondary N) is 1. The third kappa shape index (κ3) is 3.41. The van der Waals surface area contributed by atoms with Crippen molar-refractivity contribution in [3.8, 4) is 11.1 Å². The number of fused-ring (bicyclic) bond motifs is 3. The van der Waals surface area contributed by atoms with E-state index in [0.29, 0.717) is 13.2 Å². The fourth-order valence-electron chi connectivity index (χ4n) is 5.34. The minimum absolute atomic E-state index is 0.0440. The van der Waals surface area contributed by atoms with Crippen molar-refractivity contribution in [2.24, 2.45) is 5.92 Å². The maximum Gasteiger partial charge on any atom is 0.410 e. The molecule has 1 atom stereocenters. The molecule has 5 rings (SSSR count). The van der Waals surface area contributed by atoms with Crippen LogP contribution in [-0.4, -0.2) is 49.1 Å². The molecule has 5 nitrogen and oxygen atoms in total. The minimum Gasteiger partial charge on any atom is -0.448 e. The van der Waals surface area contributed by atoms with E-state index in [4.69, 9.17) is 4.74 Å². The van der Waals surface area contributed by atoms with Crippen molar-refractivity contribution in [1.29, 1.82) is 0 Å². The molecule has 0 radical (unpaired) electrons. The molecule has 2 aromatic carbocycles. The van der Waals surface area contributed by atoms with Gasteiger partial charge in [0.05, 0.1) is 6.04 Å². The molecule has 0 spiro atoms. The molecule has 2 aliphatic heterocycles. The standard InChI is InChI=1S/C25H28N2O3/c28-24(17-11-13-26-14-12-17)23-10-5-15-27(23)25(29)30-16-22-20-8-3-1-6-18(20)19-7-2-4-9-21(19)22/h1-4,6-9,17,22-23,26H,5,10-16H2/t23-/m0/s1. The highest BCUT2D eigenvalue weighted by molar-refractivity contribution is 5.90. The summed E-state index contributed by atoms with van der Waals surface area (Å²) >= 11 is 0. The molecule has 0 unspecified atom stereocenters. The van der Waals surface area contributed by atoms with Crippen molar-refractivity contribution in [3.05, 3.63) is 59.7 Å². The molecule has 3 aliphatic rings. The molecule has 1 aliphatic carbocycles. The number of ether oxygens (including phenoxy) is 1. The fraction of sp³-hybridized carbons (Fsp3) is 0.440. The molecule has 2 saturated heterocycles. The molecular weight excluding hydrogens is 376 g/mol. The van der Waals surface area contributed by atoms with Crippen LogP contribution in [0.2, 0.25) is 0 Å². The molecule has 1 amide bonds. The lowest BCUT2D eigenvalue weighted by molar-refractivity contribution is -0.127. The monoisotopic (exact) mass is 404 g/mol. The Morgan fingerprint density at radius 2 is 1.57 bits per heavy atom. The molecule has 0 aromatic heterocycles. The summed E-state index contributed by atoms with van der Waals surface area (Å²) in [6, 6.07) is 16.3. The van der Waals surface area contributed by atoms with Crippen LogP contribution in [-0.2, 0) is 9.53 Å². The van der Waals surface area contributed by atoms with E-state index in [1.807, 2.05) is 24.3 Å². The third-order valence-electron chi connectivity index (χ3n) is 6.89. The number of likely N-dealkylation sites (tertiary alicyclic amines) is 1. The predicted octanol–water partition coefficient (Wildman–Crippen LogP) is 3.97. The predicted molar refractivity (Wildman–Crippen MR) is 115 cm³/mol. The molecule has 2 heterocycles. The molecule has 2 fully saturated rings. The quantitative estimate of drug-likeness (QED) is 0.838. The van der Waals surface area contributed by atoms with Crippen LogP contribution in [0, 0.1) is 5.92 Å². The van der Waals surface area contributed by atoms with Gasteiger partial charge >= 0.3 is 6.09 Å². The Morgan fingerprint density at radius 3 is 2.23 bits per heavy atom. The number of hydrogen-bond acceptors (Lipinski definition) is 4. The first-order valence-corrected chi connectivity index (χ1v) is 11.1. The van der Waals surface area contributed by atoms with Crippen LogP contribution in [0.3, 0.4) is 0 Å². The van der Waals surface area contributed by atoms with Crippen molar-refractivity contribution >= 4 is 11.9 Å². The van der Waals surface area contributed by atoms with Gasteiger partial charge in [0.15, 0.2) is 5.78 Å². The van der Waals surface area contributed by atoms with Gasteiger partial charge in [-0.3, -0.25) is 9.69 Å².